The highest BCUT2D eigenvalue weighted by atomic mass is 14.9. The first-order valence-electron chi connectivity index (χ1n) is 6.87. The summed E-state index contributed by atoms with van der Waals surface area (Å²) in [4.78, 5) is 8.58. The minimum Gasteiger partial charge on any atom is -0.237 e. The highest BCUT2D eigenvalue weighted by Crippen LogP contribution is 2.30. The number of aromatic nitrogens is 2. The lowest BCUT2D eigenvalue weighted by atomic mass is 9.85. The van der Waals surface area contributed by atoms with Crippen LogP contribution in [0.5, 0.6) is 0 Å². The van der Waals surface area contributed by atoms with E-state index in [0.717, 1.165) is 24.2 Å². The lowest BCUT2D eigenvalue weighted by Crippen LogP contribution is -2.06. The van der Waals surface area contributed by atoms with E-state index in [1.807, 2.05) is 6.07 Å². The van der Waals surface area contributed by atoms with Crippen molar-refractivity contribution in [1.82, 2.24) is 9.97 Å². The molecule has 96 valence electrons. The van der Waals surface area contributed by atoms with Crippen LogP contribution in [-0.4, -0.2) is 9.97 Å². The van der Waals surface area contributed by atoms with Gasteiger partial charge in [-0.25, -0.2) is 9.97 Å². The molecule has 0 radical (unpaired) electrons. The zero-order valence-electron chi connectivity index (χ0n) is 11.2. The van der Waals surface area contributed by atoms with Crippen molar-refractivity contribution < 1.29 is 0 Å². The van der Waals surface area contributed by atoms with Gasteiger partial charge in [0.15, 0.2) is 5.82 Å². The second kappa shape index (κ2) is 5.35. The molecule has 1 heterocycles. The van der Waals surface area contributed by atoms with Crippen molar-refractivity contribution in [3.63, 3.8) is 0 Å². The van der Waals surface area contributed by atoms with E-state index in [0.29, 0.717) is 11.8 Å². The summed E-state index contributed by atoms with van der Waals surface area (Å²) in [6, 6.07) is 1.85. The Labute approximate surface area is 114 Å². The fourth-order valence-corrected chi connectivity index (χ4v) is 2.50. The van der Waals surface area contributed by atoms with Gasteiger partial charge in [0.25, 0.3) is 0 Å². The maximum atomic E-state index is 4.29. The molecule has 0 bridgehead atoms. The zero-order chi connectivity index (χ0) is 13.1. The van der Waals surface area contributed by atoms with Crippen LogP contribution < -0.4 is 0 Å². The van der Waals surface area contributed by atoms with Gasteiger partial charge in [-0.05, 0) is 30.4 Å². The first-order chi connectivity index (χ1) is 9.33. The van der Waals surface area contributed by atoms with E-state index < -0.39 is 0 Å². The molecule has 2 nitrogen and oxygen atoms in total. The van der Waals surface area contributed by atoms with Crippen LogP contribution >= 0.6 is 0 Å². The van der Waals surface area contributed by atoms with E-state index in [1.54, 1.807) is 12.4 Å². The van der Waals surface area contributed by atoms with Crippen molar-refractivity contribution in [3.8, 4) is 0 Å². The van der Waals surface area contributed by atoms with Crippen LogP contribution in [0.25, 0.3) is 5.57 Å². The van der Waals surface area contributed by atoms with Crippen molar-refractivity contribution in [1.29, 1.82) is 0 Å². The van der Waals surface area contributed by atoms with Gasteiger partial charge < -0.3 is 0 Å². The van der Waals surface area contributed by atoms with Gasteiger partial charge in [-0.2, -0.15) is 0 Å². The topological polar surface area (TPSA) is 25.8 Å². The van der Waals surface area contributed by atoms with Gasteiger partial charge in [-0.15, -0.1) is 0 Å². The normalized spacial score (nSPS) is 25.9. The predicted molar refractivity (Wildman–Crippen MR) is 78.3 cm³/mol. The molecular formula is C17H18N2. The molecule has 1 aromatic heterocycles. The Hall–Kier alpha value is -1.96. The second-order valence-electron chi connectivity index (χ2n) is 5.21. The van der Waals surface area contributed by atoms with Crippen molar-refractivity contribution in [3.05, 3.63) is 66.3 Å². The number of hydrogen-bond donors (Lipinski definition) is 0. The highest BCUT2D eigenvalue weighted by molar-refractivity contribution is 5.70. The predicted octanol–water partition coefficient (Wildman–Crippen LogP) is 3.96. The average Bonchev–Trinajstić information content (AvgIpc) is 2.49. The van der Waals surface area contributed by atoms with E-state index in [4.69, 9.17) is 0 Å². The minimum absolute atomic E-state index is 0.510. The van der Waals surface area contributed by atoms with Gasteiger partial charge >= 0.3 is 0 Å². The Balaban J connectivity index is 1.72. The Morgan fingerprint density at radius 2 is 1.84 bits per heavy atom. The third kappa shape index (κ3) is 2.73. The monoisotopic (exact) mass is 250 g/mol. The van der Waals surface area contributed by atoms with Crippen LogP contribution in [0, 0.1) is 11.8 Å². The molecular weight excluding hydrogens is 232 g/mol. The summed E-state index contributed by atoms with van der Waals surface area (Å²) >= 11 is 0. The van der Waals surface area contributed by atoms with Gasteiger partial charge in [0.05, 0.1) is 0 Å². The summed E-state index contributed by atoms with van der Waals surface area (Å²) in [5.74, 6) is 2.01. The maximum absolute atomic E-state index is 4.29. The van der Waals surface area contributed by atoms with Crippen LogP contribution in [0.1, 0.15) is 25.6 Å². The van der Waals surface area contributed by atoms with Gasteiger partial charge in [0.1, 0.15) is 0 Å². The summed E-state index contributed by atoms with van der Waals surface area (Å²) < 4.78 is 0. The molecule has 3 rings (SSSR count). The first-order valence-corrected chi connectivity index (χ1v) is 6.87. The average molecular weight is 250 g/mol. The third-order valence-corrected chi connectivity index (χ3v) is 3.69. The van der Waals surface area contributed by atoms with Gasteiger partial charge in [-0.3, -0.25) is 0 Å². The van der Waals surface area contributed by atoms with Crippen molar-refractivity contribution in [2.45, 2.75) is 19.8 Å². The Kier molecular flexibility index (Phi) is 3.41. The summed E-state index contributed by atoms with van der Waals surface area (Å²) in [6.07, 6.45) is 19.4. The summed E-state index contributed by atoms with van der Waals surface area (Å²) in [6.45, 7) is 2.26. The van der Waals surface area contributed by atoms with Gasteiger partial charge in [0, 0.05) is 23.9 Å². The van der Waals surface area contributed by atoms with E-state index in [9.17, 15) is 0 Å². The fraction of sp³-hybridized carbons (Fsp3) is 0.294. The van der Waals surface area contributed by atoms with Gasteiger partial charge in [-0.1, -0.05) is 43.4 Å². The van der Waals surface area contributed by atoms with E-state index in [1.165, 1.54) is 5.57 Å². The van der Waals surface area contributed by atoms with E-state index in [-0.39, 0.29) is 0 Å². The SMILES string of the molecule is CC1C=CC(C2C=CC(c3ncccn3)=CC2)=CC1. The number of nitrogens with zero attached hydrogens (tertiary/aromatic N) is 2. The molecule has 2 heteroatoms. The summed E-state index contributed by atoms with van der Waals surface area (Å²) in [7, 11) is 0. The molecule has 2 aliphatic carbocycles. The fourth-order valence-electron chi connectivity index (χ4n) is 2.50. The van der Waals surface area contributed by atoms with Crippen molar-refractivity contribution in [2.24, 2.45) is 11.8 Å². The van der Waals surface area contributed by atoms with E-state index >= 15 is 0 Å². The van der Waals surface area contributed by atoms with Crippen LogP contribution in [0.3, 0.4) is 0 Å². The van der Waals surface area contributed by atoms with Gasteiger partial charge in [0.2, 0.25) is 0 Å². The molecule has 0 aliphatic heterocycles. The second-order valence-corrected chi connectivity index (χ2v) is 5.21. The molecule has 2 unspecified atom stereocenters. The molecule has 0 saturated heterocycles. The molecule has 0 aromatic carbocycles. The lowest BCUT2D eigenvalue weighted by molar-refractivity contribution is 0.699. The standard InChI is InChI=1S/C17H18N2/c1-13-3-5-14(6-4-13)15-7-9-16(10-8-15)17-18-11-2-12-19-17/h2-3,5-7,9-13,15H,4,8H2,1H3. The van der Waals surface area contributed by atoms with Crippen LogP contribution in [-0.2, 0) is 0 Å². The quantitative estimate of drug-likeness (QED) is 0.794. The summed E-state index contributed by atoms with van der Waals surface area (Å²) in [5.41, 5.74) is 2.57. The van der Waals surface area contributed by atoms with Crippen LogP contribution in [0.15, 0.2) is 60.5 Å². The van der Waals surface area contributed by atoms with Crippen LogP contribution in [0.4, 0.5) is 0 Å². The zero-order valence-corrected chi connectivity index (χ0v) is 11.2. The van der Waals surface area contributed by atoms with Crippen molar-refractivity contribution >= 4 is 5.57 Å². The summed E-state index contributed by atoms with van der Waals surface area (Å²) in [5, 5.41) is 0. The van der Waals surface area contributed by atoms with Crippen molar-refractivity contribution in [2.75, 3.05) is 0 Å². The smallest absolute Gasteiger partial charge is 0.158 e. The minimum atomic E-state index is 0.510. The number of hydrogen-bond acceptors (Lipinski definition) is 2. The lowest BCUT2D eigenvalue weighted by Gasteiger charge is -2.20. The molecule has 2 aliphatic rings. The number of allylic oxidation sites excluding steroid dienone is 8. The molecule has 0 amide bonds. The molecule has 0 N–H and O–H groups in total. The molecule has 19 heavy (non-hydrogen) atoms. The molecule has 0 spiro atoms. The van der Waals surface area contributed by atoms with E-state index in [2.05, 4.69) is 53.3 Å². The molecule has 0 saturated carbocycles. The molecule has 2 atom stereocenters. The maximum Gasteiger partial charge on any atom is 0.158 e. The molecule has 0 fully saturated rings. The Morgan fingerprint density at radius 3 is 2.47 bits per heavy atom. The molecule has 1 aromatic rings. The first kappa shape index (κ1) is 12.1. The number of rotatable bonds is 2. The Bertz CT molecular complexity index is 564. The van der Waals surface area contributed by atoms with Crippen LogP contribution in [0.2, 0.25) is 0 Å². The third-order valence-electron chi connectivity index (χ3n) is 3.69. The largest absolute Gasteiger partial charge is 0.237 e. The highest BCUT2D eigenvalue weighted by Gasteiger charge is 2.15. The Morgan fingerprint density at radius 1 is 1.00 bits per heavy atom.